The molecule has 0 unspecified atom stereocenters. The zero-order valence-electron chi connectivity index (χ0n) is 8.51. The van der Waals surface area contributed by atoms with Gasteiger partial charge in [-0.25, -0.2) is 4.98 Å². The van der Waals surface area contributed by atoms with E-state index in [-0.39, 0.29) is 0 Å². The quantitative estimate of drug-likeness (QED) is 0.683. The second-order valence-electron chi connectivity index (χ2n) is 3.49. The summed E-state index contributed by atoms with van der Waals surface area (Å²) in [6.45, 7) is 0. The van der Waals surface area contributed by atoms with Crippen molar-refractivity contribution in [2.45, 2.75) is 0 Å². The Hall–Kier alpha value is -2.36. The summed E-state index contributed by atoms with van der Waals surface area (Å²) in [5.41, 5.74) is 1.89. The SMILES string of the molecule is c1cnc2[nH]c(Nc3ccncc3)cc2c1. The maximum absolute atomic E-state index is 4.24. The van der Waals surface area contributed by atoms with Crippen LogP contribution in [0.4, 0.5) is 11.5 Å². The Labute approximate surface area is 92.4 Å². The number of rotatable bonds is 2. The minimum Gasteiger partial charge on any atom is -0.342 e. The predicted molar refractivity (Wildman–Crippen MR) is 63.6 cm³/mol. The lowest BCUT2D eigenvalue weighted by Gasteiger charge is -2.01. The summed E-state index contributed by atoms with van der Waals surface area (Å²) in [7, 11) is 0. The van der Waals surface area contributed by atoms with Crippen molar-refractivity contribution in [3.63, 3.8) is 0 Å². The number of nitrogens with one attached hydrogen (secondary N) is 2. The molecule has 0 fully saturated rings. The molecule has 3 rings (SSSR count). The van der Waals surface area contributed by atoms with Crippen LogP contribution in [0.15, 0.2) is 48.9 Å². The molecule has 0 aliphatic rings. The fraction of sp³-hybridized carbons (Fsp3) is 0. The van der Waals surface area contributed by atoms with Crippen molar-refractivity contribution in [3.8, 4) is 0 Å². The molecular formula is C12H10N4. The first-order chi connectivity index (χ1) is 7.92. The third-order valence-corrected chi connectivity index (χ3v) is 2.35. The van der Waals surface area contributed by atoms with Crippen molar-refractivity contribution < 1.29 is 0 Å². The minimum atomic E-state index is 0.888. The van der Waals surface area contributed by atoms with E-state index < -0.39 is 0 Å². The molecule has 0 aliphatic carbocycles. The van der Waals surface area contributed by atoms with Crippen molar-refractivity contribution in [1.29, 1.82) is 0 Å². The summed E-state index contributed by atoms with van der Waals surface area (Å²) in [5, 5.41) is 4.35. The van der Waals surface area contributed by atoms with E-state index in [1.54, 1.807) is 18.6 Å². The van der Waals surface area contributed by atoms with E-state index in [4.69, 9.17) is 0 Å². The number of anilines is 2. The van der Waals surface area contributed by atoms with Gasteiger partial charge in [0, 0.05) is 29.7 Å². The van der Waals surface area contributed by atoms with Crippen molar-refractivity contribution in [2.24, 2.45) is 0 Å². The van der Waals surface area contributed by atoms with Gasteiger partial charge in [-0.3, -0.25) is 4.98 Å². The maximum Gasteiger partial charge on any atom is 0.138 e. The highest BCUT2D eigenvalue weighted by molar-refractivity contribution is 5.81. The Morgan fingerprint density at radius 2 is 1.94 bits per heavy atom. The van der Waals surface area contributed by atoms with E-state index in [0.29, 0.717) is 0 Å². The lowest BCUT2D eigenvalue weighted by atomic mass is 10.3. The number of fused-ring (bicyclic) bond motifs is 1. The van der Waals surface area contributed by atoms with Crippen molar-refractivity contribution >= 4 is 22.5 Å². The molecule has 4 nitrogen and oxygen atoms in total. The van der Waals surface area contributed by atoms with E-state index in [0.717, 1.165) is 22.5 Å². The highest BCUT2D eigenvalue weighted by Crippen LogP contribution is 2.19. The Balaban J connectivity index is 1.95. The fourth-order valence-electron chi connectivity index (χ4n) is 1.62. The highest BCUT2D eigenvalue weighted by Gasteiger charge is 2.00. The van der Waals surface area contributed by atoms with Gasteiger partial charge in [0.25, 0.3) is 0 Å². The van der Waals surface area contributed by atoms with Crippen LogP contribution in [-0.4, -0.2) is 15.0 Å². The Morgan fingerprint density at radius 1 is 1.06 bits per heavy atom. The third kappa shape index (κ3) is 1.61. The smallest absolute Gasteiger partial charge is 0.138 e. The number of pyridine rings is 2. The fourth-order valence-corrected chi connectivity index (χ4v) is 1.62. The van der Waals surface area contributed by atoms with Crippen LogP contribution in [0, 0.1) is 0 Å². The average molecular weight is 210 g/mol. The number of aromatic amines is 1. The van der Waals surface area contributed by atoms with Crippen LogP contribution < -0.4 is 5.32 Å². The second kappa shape index (κ2) is 3.66. The normalized spacial score (nSPS) is 10.5. The summed E-state index contributed by atoms with van der Waals surface area (Å²) >= 11 is 0. The van der Waals surface area contributed by atoms with Crippen molar-refractivity contribution in [2.75, 3.05) is 5.32 Å². The minimum absolute atomic E-state index is 0.888. The standard InChI is InChI=1S/C12H10N4/c1-2-9-8-11(16-12(9)14-5-1)15-10-3-6-13-7-4-10/h1-8H,(H,13,15)(H,14,16). The summed E-state index contributed by atoms with van der Waals surface area (Å²) < 4.78 is 0. The van der Waals surface area contributed by atoms with Crippen LogP contribution in [0.3, 0.4) is 0 Å². The van der Waals surface area contributed by atoms with Crippen molar-refractivity contribution in [1.82, 2.24) is 15.0 Å². The molecule has 78 valence electrons. The van der Waals surface area contributed by atoms with E-state index >= 15 is 0 Å². The molecule has 4 heteroatoms. The van der Waals surface area contributed by atoms with Gasteiger partial charge in [-0.05, 0) is 30.3 Å². The molecule has 0 atom stereocenters. The Kier molecular flexibility index (Phi) is 2.04. The topological polar surface area (TPSA) is 53.6 Å². The van der Waals surface area contributed by atoms with Gasteiger partial charge in [-0.15, -0.1) is 0 Å². The Bertz CT molecular complexity index is 567. The number of aromatic nitrogens is 3. The molecule has 3 heterocycles. The van der Waals surface area contributed by atoms with Crippen LogP contribution >= 0.6 is 0 Å². The van der Waals surface area contributed by atoms with Crippen LogP contribution in [0.2, 0.25) is 0 Å². The van der Waals surface area contributed by atoms with Gasteiger partial charge < -0.3 is 10.3 Å². The molecule has 0 aromatic carbocycles. The first kappa shape index (κ1) is 8.91. The molecule has 0 bridgehead atoms. The lowest BCUT2D eigenvalue weighted by molar-refractivity contribution is 1.30. The number of nitrogens with zero attached hydrogens (tertiary/aromatic N) is 2. The van der Waals surface area contributed by atoms with Crippen LogP contribution in [0.1, 0.15) is 0 Å². The molecule has 2 N–H and O–H groups in total. The highest BCUT2D eigenvalue weighted by atomic mass is 15.0. The summed E-state index contributed by atoms with van der Waals surface area (Å²) in [6, 6.07) is 9.81. The molecule has 0 saturated heterocycles. The van der Waals surface area contributed by atoms with Gasteiger partial charge in [0.2, 0.25) is 0 Å². The molecule has 0 saturated carbocycles. The van der Waals surface area contributed by atoms with E-state index in [1.165, 1.54) is 0 Å². The summed E-state index contributed by atoms with van der Waals surface area (Å²) in [6.07, 6.45) is 5.28. The van der Waals surface area contributed by atoms with Gasteiger partial charge in [0.05, 0.1) is 0 Å². The van der Waals surface area contributed by atoms with Gasteiger partial charge >= 0.3 is 0 Å². The summed E-state index contributed by atoms with van der Waals surface area (Å²) in [4.78, 5) is 11.4. The maximum atomic E-state index is 4.24. The number of H-pyrrole nitrogens is 1. The van der Waals surface area contributed by atoms with Gasteiger partial charge in [-0.2, -0.15) is 0 Å². The van der Waals surface area contributed by atoms with Crippen LogP contribution in [0.25, 0.3) is 11.0 Å². The second-order valence-corrected chi connectivity index (χ2v) is 3.49. The molecule has 16 heavy (non-hydrogen) atoms. The summed E-state index contributed by atoms with van der Waals surface area (Å²) in [5.74, 6) is 0.930. The molecule has 0 spiro atoms. The van der Waals surface area contributed by atoms with Gasteiger partial charge in [0.15, 0.2) is 0 Å². The first-order valence-corrected chi connectivity index (χ1v) is 5.02. The monoisotopic (exact) mass is 210 g/mol. The van der Waals surface area contributed by atoms with Crippen molar-refractivity contribution in [3.05, 3.63) is 48.9 Å². The first-order valence-electron chi connectivity index (χ1n) is 5.02. The predicted octanol–water partition coefficient (Wildman–Crippen LogP) is 2.70. The van der Waals surface area contributed by atoms with Gasteiger partial charge in [0.1, 0.15) is 11.5 Å². The average Bonchev–Trinajstić information content (AvgIpc) is 2.72. The van der Waals surface area contributed by atoms with E-state index in [2.05, 4.69) is 20.3 Å². The van der Waals surface area contributed by atoms with E-state index in [1.807, 2.05) is 30.3 Å². The zero-order valence-corrected chi connectivity index (χ0v) is 8.51. The largest absolute Gasteiger partial charge is 0.342 e. The van der Waals surface area contributed by atoms with Crippen LogP contribution in [0.5, 0.6) is 0 Å². The molecule has 0 radical (unpaired) electrons. The molecule has 0 amide bonds. The number of hydrogen-bond acceptors (Lipinski definition) is 3. The zero-order chi connectivity index (χ0) is 10.8. The van der Waals surface area contributed by atoms with Crippen LogP contribution in [-0.2, 0) is 0 Å². The molecule has 3 aromatic heterocycles. The molecule has 0 aliphatic heterocycles. The molecular weight excluding hydrogens is 200 g/mol. The molecule has 3 aromatic rings. The lowest BCUT2D eigenvalue weighted by Crippen LogP contribution is -1.89. The van der Waals surface area contributed by atoms with E-state index in [9.17, 15) is 0 Å². The third-order valence-electron chi connectivity index (χ3n) is 2.35. The Morgan fingerprint density at radius 3 is 2.75 bits per heavy atom. The van der Waals surface area contributed by atoms with Gasteiger partial charge in [-0.1, -0.05) is 0 Å². The number of hydrogen-bond donors (Lipinski definition) is 2.